The van der Waals surface area contributed by atoms with Crippen LogP contribution >= 0.6 is 0 Å². The molecule has 144 valence electrons. The van der Waals surface area contributed by atoms with Crippen LogP contribution in [0, 0.1) is 17.3 Å². The lowest BCUT2D eigenvalue weighted by molar-refractivity contribution is 0.105. The van der Waals surface area contributed by atoms with Gasteiger partial charge in [-0.25, -0.2) is 0 Å². The van der Waals surface area contributed by atoms with Gasteiger partial charge in [0.25, 0.3) is 0 Å². The van der Waals surface area contributed by atoms with Crippen molar-refractivity contribution in [2.75, 3.05) is 13.2 Å². The van der Waals surface area contributed by atoms with E-state index in [0.29, 0.717) is 5.41 Å². The molecule has 1 aliphatic rings. The van der Waals surface area contributed by atoms with Gasteiger partial charge >= 0.3 is 0 Å². The molecule has 1 heteroatoms. The monoisotopic (exact) mass is 338 g/mol. The lowest BCUT2D eigenvalue weighted by Crippen LogP contribution is -2.09. The molecule has 0 heterocycles. The van der Waals surface area contributed by atoms with Crippen molar-refractivity contribution in [2.45, 2.75) is 118 Å². The van der Waals surface area contributed by atoms with E-state index in [0.717, 1.165) is 25.0 Å². The SMILES string of the molecule is CCCCCCCCC1CC1CCCCCCOCCC(C)(C)C. The summed E-state index contributed by atoms with van der Waals surface area (Å²) in [4.78, 5) is 0. The van der Waals surface area contributed by atoms with Crippen molar-refractivity contribution in [3.63, 3.8) is 0 Å². The number of ether oxygens (including phenoxy) is 1. The molecule has 2 unspecified atom stereocenters. The Labute approximate surface area is 153 Å². The Morgan fingerprint density at radius 2 is 1.25 bits per heavy atom. The molecule has 0 N–H and O–H groups in total. The van der Waals surface area contributed by atoms with Gasteiger partial charge in [0.05, 0.1) is 0 Å². The van der Waals surface area contributed by atoms with Crippen molar-refractivity contribution in [1.82, 2.24) is 0 Å². The zero-order chi connectivity index (χ0) is 17.7. The largest absolute Gasteiger partial charge is 0.381 e. The third-order valence-electron chi connectivity index (χ3n) is 5.61. The molecule has 0 aromatic carbocycles. The van der Waals surface area contributed by atoms with Crippen molar-refractivity contribution in [2.24, 2.45) is 17.3 Å². The second-order valence-electron chi connectivity index (χ2n) is 9.44. The highest BCUT2D eigenvalue weighted by Crippen LogP contribution is 2.45. The fourth-order valence-electron chi connectivity index (χ4n) is 3.65. The molecule has 2 atom stereocenters. The summed E-state index contributed by atoms with van der Waals surface area (Å²) < 4.78 is 5.75. The number of hydrogen-bond donors (Lipinski definition) is 0. The van der Waals surface area contributed by atoms with Crippen LogP contribution in [0.15, 0.2) is 0 Å². The van der Waals surface area contributed by atoms with Gasteiger partial charge in [-0.05, 0) is 36.5 Å². The van der Waals surface area contributed by atoms with Crippen LogP contribution in [-0.4, -0.2) is 13.2 Å². The Bertz CT molecular complexity index is 278. The minimum atomic E-state index is 0.413. The predicted octanol–water partition coefficient (Wildman–Crippen LogP) is 7.78. The zero-order valence-electron chi connectivity index (χ0n) is 17.4. The molecule has 1 aliphatic carbocycles. The molecule has 0 radical (unpaired) electrons. The lowest BCUT2D eigenvalue weighted by Gasteiger charge is -2.17. The minimum Gasteiger partial charge on any atom is -0.381 e. The van der Waals surface area contributed by atoms with Gasteiger partial charge in [0.15, 0.2) is 0 Å². The Morgan fingerprint density at radius 3 is 1.83 bits per heavy atom. The predicted molar refractivity (Wildman–Crippen MR) is 108 cm³/mol. The number of rotatable bonds is 16. The van der Waals surface area contributed by atoms with Crippen molar-refractivity contribution in [1.29, 1.82) is 0 Å². The average Bonchev–Trinajstić information content (AvgIpc) is 3.26. The molecule has 0 aromatic rings. The first-order valence-electron chi connectivity index (χ1n) is 11.1. The third-order valence-corrected chi connectivity index (χ3v) is 5.61. The standard InChI is InChI=1S/C23H46O/c1-5-6-7-8-9-12-15-21-20-22(21)16-13-10-11-14-18-24-19-17-23(2,3)4/h21-22H,5-20H2,1-4H3. The van der Waals surface area contributed by atoms with Crippen molar-refractivity contribution in [3.8, 4) is 0 Å². The summed E-state index contributed by atoms with van der Waals surface area (Å²) in [7, 11) is 0. The molecule has 1 rings (SSSR count). The van der Waals surface area contributed by atoms with E-state index in [-0.39, 0.29) is 0 Å². The molecule has 24 heavy (non-hydrogen) atoms. The van der Waals surface area contributed by atoms with E-state index in [1.807, 2.05) is 0 Å². The number of hydrogen-bond acceptors (Lipinski definition) is 1. The van der Waals surface area contributed by atoms with Gasteiger partial charge in [0.1, 0.15) is 0 Å². The summed E-state index contributed by atoms with van der Waals surface area (Å²) in [5.41, 5.74) is 0.413. The van der Waals surface area contributed by atoms with Gasteiger partial charge in [-0.3, -0.25) is 0 Å². The van der Waals surface area contributed by atoms with E-state index in [1.165, 1.54) is 83.5 Å². The molecule has 1 fully saturated rings. The maximum Gasteiger partial charge on any atom is 0.0471 e. The quantitative estimate of drug-likeness (QED) is 0.261. The van der Waals surface area contributed by atoms with Gasteiger partial charge in [-0.15, -0.1) is 0 Å². The first-order valence-corrected chi connectivity index (χ1v) is 11.1. The summed E-state index contributed by atoms with van der Waals surface area (Å²) >= 11 is 0. The van der Waals surface area contributed by atoms with Crippen LogP contribution in [0.25, 0.3) is 0 Å². The van der Waals surface area contributed by atoms with Crippen LogP contribution in [-0.2, 0) is 4.74 Å². The topological polar surface area (TPSA) is 9.23 Å². The Kier molecular flexibility index (Phi) is 12.1. The highest BCUT2D eigenvalue weighted by Gasteiger charge is 2.34. The summed E-state index contributed by atoms with van der Waals surface area (Å²) in [5.74, 6) is 2.21. The zero-order valence-corrected chi connectivity index (χ0v) is 17.4. The summed E-state index contributed by atoms with van der Waals surface area (Å²) in [6, 6.07) is 0. The van der Waals surface area contributed by atoms with E-state index in [4.69, 9.17) is 4.74 Å². The van der Waals surface area contributed by atoms with Crippen LogP contribution in [0.3, 0.4) is 0 Å². The molecule has 0 bridgehead atoms. The molecule has 1 nitrogen and oxygen atoms in total. The van der Waals surface area contributed by atoms with Crippen LogP contribution < -0.4 is 0 Å². The van der Waals surface area contributed by atoms with Gasteiger partial charge in [0, 0.05) is 13.2 Å². The van der Waals surface area contributed by atoms with Crippen LogP contribution in [0.1, 0.15) is 118 Å². The summed E-state index contributed by atoms with van der Waals surface area (Å²) in [5, 5.41) is 0. The molecular weight excluding hydrogens is 292 g/mol. The minimum absolute atomic E-state index is 0.413. The van der Waals surface area contributed by atoms with Crippen molar-refractivity contribution < 1.29 is 4.74 Å². The van der Waals surface area contributed by atoms with E-state index in [1.54, 1.807) is 6.42 Å². The first-order chi connectivity index (χ1) is 11.5. The van der Waals surface area contributed by atoms with Crippen molar-refractivity contribution in [3.05, 3.63) is 0 Å². The molecular formula is C23H46O. The molecule has 1 saturated carbocycles. The fraction of sp³-hybridized carbons (Fsp3) is 1.00. The van der Waals surface area contributed by atoms with Crippen LogP contribution in [0.5, 0.6) is 0 Å². The average molecular weight is 339 g/mol. The van der Waals surface area contributed by atoms with E-state index in [9.17, 15) is 0 Å². The van der Waals surface area contributed by atoms with E-state index < -0.39 is 0 Å². The van der Waals surface area contributed by atoms with Crippen LogP contribution in [0.4, 0.5) is 0 Å². The summed E-state index contributed by atoms with van der Waals surface area (Å²) in [6.07, 6.45) is 20.0. The molecule has 0 aliphatic heterocycles. The second-order valence-corrected chi connectivity index (χ2v) is 9.44. The Hall–Kier alpha value is -0.0400. The third kappa shape index (κ3) is 13.3. The fourth-order valence-corrected chi connectivity index (χ4v) is 3.65. The Balaban J connectivity index is 1.75. The van der Waals surface area contributed by atoms with Crippen LogP contribution in [0.2, 0.25) is 0 Å². The normalized spacial score (nSPS) is 20.5. The van der Waals surface area contributed by atoms with E-state index in [2.05, 4.69) is 27.7 Å². The van der Waals surface area contributed by atoms with Gasteiger partial charge in [-0.2, -0.15) is 0 Å². The van der Waals surface area contributed by atoms with Gasteiger partial charge in [0.2, 0.25) is 0 Å². The molecule has 0 spiro atoms. The van der Waals surface area contributed by atoms with E-state index >= 15 is 0 Å². The summed E-state index contributed by atoms with van der Waals surface area (Å²) in [6.45, 7) is 11.1. The van der Waals surface area contributed by atoms with Crippen molar-refractivity contribution >= 4 is 0 Å². The molecule has 0 saturated heterocycles. The van der Waals surface area contributed by atoms with Gasteiger partial charge < -0.3 is 4.74 Å². The molecule has 0 aromatic heterocycles. The molecule has 0 amide bonds. The highest BCUT2D eigenvalue weighted by atomic mass is 16.5. The maximum absolute atomic E-state index is 5.75. The number of unbranched alkanes of at least 4 members (excludes halogenated alkanes) is 8. The highest BCUT2D eigenvalue weighted by molar-refractivity contribution is 4.85. The first kappa shape index (κ1) is 22.0. The Morgan fingerprint density at radius 1 is 0.708 bits per heavy atom. The second kappa shape index (κ2) is 13.2. The van der Waals surface area contributed by atoms with Gasteiger partial charge in [-0.1, -0.05) is 98.3 Å². The smallest absolute Gasteiger partial charge is 0.0471 e. The lowest BCUT2D eigenvalue weighted by atomic mass is 9.93. The maximum atomic E-state index is 5.75.